The Bertz CT molecular complexity index is 562. The molecule has 0 amide bonds. The van der Waals surface area contributed by atoms with Gasteiger partial charge < -0.3 is 9.52 Å². The van der Waals surface area contributed by atoms with Crippen LogP contribution in [0.25, 0.3) is 11.1 Å². The third-order valence-corrected chi connectivity index (χ3v) is 3.10. The van der Waals surface area contributed by atoms with E-state index in [0.717, 1.165) is 16.4 Å². The first-order valence-electron chi connectivity index (χ1n) is 5.39. The van der Waals surface area contributed by atoms with E-state index in [9.17, 15) is 4.79 Å². The highest BCUT2D eigenvalue weighted by molar-refractivity contribution is 9.10. The van der Waals surface area contributed by atoms with Crippen molar-refractivity contribution >= 4 is 33.0 Å². The molecule has 0 spiro atoms. The number of aliphatic carboxylic acids is 1. The topological polar surface area (TPSA) is 63.3 Å². The molecular weight excluding hydrogens is 286 g/mol. The lowest BCUT2D eigenvalue weighted by molar-refractivity contribution is -0.137. The summed E-state index contributed by atoms with van der Waals surface area (Å²) in [6, 6.07) is 3.96. The Morgan fingerprint density at radius 1 is 1.53 bits per heavy atom. The molecule has 0 aliphatic heterocycles. The van der Waals surface area contributed by atoms with Crippen molar-refractivity contribution in [2.45, 2.75) is 26.2 Å². The van der Waals surface area contributed by atoms with Crippen molar-refractivity contribution in [3.8, 4) is 0 Å². The fourth-order valence-electron chi connectivity index (χ4n) is 1.62. The van der Waals surface area contributed by atoms with Gasteiger partial charge in [0.15, 0.2) is 11.5 Å². The van der Waals surface area contributed by atoms with E-state index < -0.39 is 5.97 Å². The summed E-state index contributed by atoms with van der Waals surface area (Å²) in [5.41, 5.74) is 2.63. The summed E-state index contributed by atoms with van der Waals surface area (Å²) < 4.78 is 6.39. The number of hydrogen-bond donors (Lipinski definition) is 1. The van der Waals surface area contributed by atoms with Crippen LogP contribution in [-0.4, -0.2) is 16.1 Å². The SMILES string of the molecule is CCc1cc(Br)c2oc(CCC(=O)O)nc2c1. The maximum absolute atomic E-state index is 10.5. The first kappa shape index (κ1) is 12.1. The van der Waals surface area contributed by atoms with Crippen molar-refractivity contribution in [1.82, 2.24) is 4.98 Å². The van der Waals surface area contributed by atoms with E-state index >= 15 is 0 Å². The molecule has 0 fully saturated rings. The van der Waals surface area contributed by atoms with E-state index in [0.29, 0.717) is 17.9 Å². The van der Waals surface area contributed by atoms with Gasteiger partial charge in [0.1, 0.15) is 5.52 Å². The lowest BCUT2D eigenvalue weighted by atomic mass is 10.1. The molecule has 90 valence electrons. The molecule has 0 saturated carbocycles. The first-order chi connectivity index (χ1) is 8.10. The quantitative estimate of drug-likeness (QED) is 0.941. The van der Waals surface area contributed by atoms with Crippen LogP contribution in [0.2, 0.25) is 0 Å². The normalized spacial score (nSPS) is 10.9. The average molecular weight is 298 g/mol. The number of aromatic nitrogens is 1. The molecule has 2 rings (SSSR count). The fourth-order valence-corrected chi connectivity index (χ4v) is 2.20. The highest BCUT2D eigenvalue weighted by Crippen LogP contribution is 2.27. The highest BCUT2D eigenvalue weighted by Gasteiger charge is 2.11. The molecule has 0 saturated heterocycles. The largest absolute Gasteiger partial charge is 0.481 e. The van der Waals surface area contributed by atoms with E-state index in [2.05, 4.69) is 27.8 Å². The summed E-state index contributed by atoms with van der Waals surface area (Å²) in [6.45, 7) is 2.07. The Labute approximate surface area is 107 Å². The van der Waals surface area contributed by atoms with Crippen molar-refractivity contribution in [3.63, 3.8) is 0 Å². The number of carbonyl (C=O) groups is 1. The standard InChI is InChI=1S/C12H12BrNO3/c1-2-7-5-8(13)12-9(6-7)14-10(17-12)3-4-11(15)16/h5-6H,2-4H2,1H3,(H,15,16). The van der Waals surface area contributed by atoms with Crippen molar-refractivity contribution < 1.29 is 14.3 Å². The molecule has 0 aliphatic rings. The number of benzene rings is 1. The predicted octanol–water partition coefficient (Wildman–Crippen LogP) is 3.17. The summed E-state index contributed by atoms with van der Waals surface area (Å²) in [6.07, 6.45) is 1.27. The average Bonchev–Trinajstić information content (AvgIpc) is 2.69. The number of carboxylic acids is 1. The molecule has 0 unspecified atom stereocenters. The number of oxazole rings is 1. The molecule has 0 bridgehead atoms. The van der Waals surface area contributed by atoms with Gasteiger partial charge >= 0.3 is 5.97 Å². The van der Waals surface area contributed by atoms with Gasteiger partial charge in [-0.2, -0.15) is 0 Å². The molecule has 0 atom stereocenters. The fraction of sp³-hybridized carbons (Fsp3) is 0.333. The maximum Gasteiger partial charge on any atom is 0.303 e. The summed E-state index contributed by atoms with van der Waals surface area (Å²) in [7, 11) is 0. The lowest BCUT2D eigenvalue weighted by Crippen LogP contribution is -1.97. The minimum absolute atomic E-state index is 0.0328. The van der Waals surface area contributed by atoms with E-state index in [4.69, 9.17) is 9.52 Å². The van der Waals surface area contributed by atoms with Gasteiger partial charge in [0.2, 0.25) is 0 Å². The monoisotopic (exact) mass is 297 g/mol. The molecule has 17 heavy (non-hydrogen) atoms. The Balaban J connectivity index is 2.36. The third-order valence-electron chi connectivity index (χ3n) is 2.51. The summed E-state index contributed by atoms with van der Waals surface area (Å²) in [5.74, 6) is -0.378. The minimum Gasteiger partial charge on any atom is -0.481 e. The van der Waals surface area contributed by atoms with Crippen LogP contribution in [0, 0.1) is 0 Å². The molecule has 1 N–H and O–H groups in total. The van der Waals surface area contributed by atoms with Gasteiger partial charge in [0.25, 0.3) is 0 Å². The van der Waals surface area contributed by atoms with Gasteiger partial charge in [-0.15, -0.1) is 0 Å². The minimum atomic E-state index is -0.847. The predicted molar refractivity (Wildman–Crippen MR) is 67.0 cm³/mol. The summed E-state index contributed by atoms with van der Waals surface area (Å²) in [4.78, 5) is 14.8. The molecule has 5 heteroatoms. The number of rotatable bonds is 4. The zero-order valence-corrected chi connectivity index (χ0v) is 11.0. The van der Waals surface area contributed by atoms with Crippen LogP contribution in [0.1, 0.15) is 24.8 Å². The molecular formula is C12H12BrNO3. The van der Waals surface area contributed by atoms with Gasteiger partial charge in [-0.05, 0) is 40.0 Å². The number of carboxylic acid groups (broad SMARTS) is 1. The van der Waals surface area contributed by atoms with E-state index in [1.165, 1.54) is 5.56 Å². The second-order valence-corrected chi connectivity index (χ2v) is 4.64. The third kappa shape index (κ3) is 2.66. The van der Waals surface area contributed by atoms with Crippen LogP contribution in [0.4, 0.5) is 0 Å². The second-order valence-electron chi connectivity index (χ2n) is 3.78. The zero-order valence-electron chi connectivity index (χ0n) is 9.36. The van der Waals surface area contributed by atoms with Crippen LogP contribution in [-0.2, 0) is 17.6 Å². The van der Waals surface area contributed by atoms with E-state index in [1.54, 1.807) is 0 Å². The number of aryl methyl sites for hydroxylation is 2. The number of halogens is 1. The van der Waals surface area contributed by atoms with Crippen molar-refractivity contribution in [1.29, 1.82) is 0 Å². The highest BCUT2D eigenvalue weighted by atomic mass is 79.9. The molecule has 0 aliphatic carbocycles. The Morgan fingerprint density at radius 2 is 2.29 bits per heavy atom. The first-order valence-corrected chi connectivity index (χ1v) is 6.19. The molecule has 4 nitrogen and oxygen atoms in total. The number of hydrogen-bond acceptors (Lipinski definition) is 3. The zero-order chi connectivity index (χ0) is 12.4. The van der Waals surface area contributed by atoms with Gasteiger partial charge in [0, 0.05) is 6.42 Å². The van der Waals surface area contributed by atoms with Crippen LogP contribution >= 0.6 is 15.9 Å². The Hall–Kier alpha value is -1.36. The van der Waals surface area contributed by atoms with Crippen molar-refractivity contribution in [3.05, 3.63) is 28.1 Å². The van der Waals surface area contributed by atoms with Crippen molar-refractivity contribution in [2.75, 3.05) is 0 Å². The van der Waals surface area contributed by atoms with E-state index in [1.807, 2.05) is 12.1 Å². The Morgan fingerprint density at radius 3 is 2.94 bits per heavy atom. The summed E-state index contributed by atoms with van der Waals surface area (Å²) in [5, 5.41) is 8.61. The number of fused-ring (bicyclic) bond motifs is 1. The smallest absolute Gasteiger partial charge is 0.303 e. The van der Waals surface area contributed by atoms with Crippen molar-refractivity contribution in [2.24, 2.45) is 0 Å². The van der Waals surface area contributed by atoms with Gasteiger partial charge in [-0.25, -0.2) is 4.98 Å². The van der Waals surface area contributed by atoms with Gasteiger partial charge in [-0.1, -0.05) is 6.92 Å². The van der Waals surface area contributed by atoms with E-state index in [-0.39, 0.29) is 6.42 Å². The van der Waals surface area contributed by atoms with Crippen LogP contribution in [0.3, 0.4) is 0 Å². The number of nitrogens with zero attached hydrogens (tertiary/aromatic N) is 1. The lowest BCUT2D eigenvalue weighted by Gasteiger charge is -1.96. The molecule has 1 heterocycles. The van der Waals surface area contributed by atoms with Gasteiger partial charge in [-0.3, -0.25) is 4.79 Å². The molecule has 0 radical (unpaired) electrons. The van der Waals surface area contributed by atoms with Crippen LogP contribution in [0.5, 0.6) is 0 Å². The molecule has 1 aromatic carbocycles. The molecule has 1 aromatic heterocycles. The Kier molecular flexibility index (Phi) is 3.47. The van der Waals surface area contributed by atoms with Crippen LogP contribution in [0.15, 0.2) is 21.0 Å². The van der Waals surface area contributed by atoms with Gasteiger partial charge in [0.05, 0.1) is 10.9 Å². The van der Waals surface area contributed by atoms with Crippen LogP contribution < -0.4 is 0 Å². The molecule has 2 aromatic rings. The maximum atomic E-state index is 10.5. The summed E-state index contributed by atoms with van der Waals surface area (Å²) >= 11 is 3.43. The second kappa shape index (κ2) is 4.87.